The summed E-state index contributed by atoms with van der Waals surface area (Å²) < 4.78 is 0. The van der Waals surface area contributed by atoms with E-state index in [0.29, 0.717) is 11.5 Å². The van der Waals surface area contributed by atoms with Crippen molar-refractivity contribution in [2.24, 2.45) is 16.7 Å². The molecule has 3 unspecified atom stereocenters. The number of hydrogen-bond donors (Lipinski definition) is 1. The van der Waals surface area contributed by atoms with Gasteiger partial charge in [0.25, 0.3) is 0 Å². The van der Waals surface area contributed by atoms with Crippen molar-refractivity contribution in [2.45, 2.75) is 59.9 Å². The van der Waals surface area contributed by atoms with Gasteiger partial charge < -0.3 is 10.2 Å². The normalized spacial score (nSPS) is 36.7. The van der Waals surface area contributed by atoms with Crippen LogP contribution in [0.4, 0.5) is 4.79 Å². The summed E-state index contributed by atoms with van der Waals surface area (Å²) >= 11 is 0. The average molecular weight is 252 g/mol. The highest BCUT2D eigenvalue weighted by Crippen LogP contribution is 2.62. The fraction of sp³-hybridized carbons (Fsp3) is 0.933. The first-order valence-electron chi connectivity index (χ1n) is 7.40. The second-order valence-corrected chi connectivity index (χ2v) is 6.97. The van der Waals surface area contributed by atoms with Gasteiger partial charge in [0.15, 0.2) is 0 Å². The highest BCUT2D eigenvalue weighted by molar-refractivity contribution is 5.74. The van der Waals surface area contributed by atoms with Crippen LogP contribution in [-0.4, -0.2) is 30.1 Å². The van der Waals surface area contributed by atoms with Crippen molar-refractivity contribution < 1.29 is 4.79 Å². The van der Waals surface area contributed by atoms with E-state index in [0.717, 1.165) is 19.0 Å². The SMILES string of the molecule is CCN(CC)C(=O)NC1C2(C)CCC(C2)C1(C)C. The van der Waals surface area contributed by atoms with Crippen molar-refractivity contribution in [1.82, 2.24) is 10.2 Å². The van der Waals surface area contributed by atoms with Crippen LogP contribution in [0.5, 0.6) is 0 Å². The Balaban J connectivity index is 2.11. The number of nitrogens with one attached hydrogen (secondary N) is 1. The van der Waals surface area contributed by atoms with Crippen LogP contribution in [0.2, 0.25) is 0 Å². The number of amides is 2. The van der Waals surface area contributed by atoms with Crippen LogP contribution in [0.3, 0.4) is 0 Å². The molecule has 2 aliphatic carbocycles. The Labute approximate surface area is 111 Å². The molecule has 2 aliphatic rings. The Morgan fingerprint density at radius 3 is 2.33 bits per heavy atom. The maximum Gasteiger partial charge on any atom is 0.317 e. The highest BCUT2D eigenvalue weighted by atomic mass is 16.2. The van der Waals surface area contributed by atoms with Gasteiger partial charge in [0.05, 0.1) is 0 Å². The lowest BCUT2D eigenvalue weighted by Gasteiger charge is -2.43. The van der Waals surface area contributed by atoms with Gasteiger partial charge in [-0.1, -0.05) is 20.8 Å². The van der Waals surface area contributed by atoms with Crippen LogP contribution >= 0.6 is 0 Å². The van der Waals surface area contributed by atoms with E-state index in [-0.39, 0.29) is 11.4 Å². The van der Waals surface area contributed by atoms with Gasteiger partial charge in [-0.05, 0) is 49.9 Å². The van der Waals surface area contributed by atoms with Crippen molar-refractivity contribution in [1.29, 1.82) is 0 Å². The van der Waals surface area contributed by atoms with E-state index < -0.39 is 0 Å². The van der Waals surface area contributed by atoms with Gasteiger partial charge in [0.2, 0.25) is 0 Å². The molecule has 2 bridgehead atoms. The molecule has 0 aromatic rings. The van der Waals surface area contributed by atoms with E-state index in [9.17, 15) is 4.79 Å². The molecule has 18 heavy (non-hydrogen) atoms. The quantitative estimate of drug-likeness (QED) is 0.821. The predicted octanol–water partition coefficient (Wildman–Crippen LogP) is 3.25. The third kappa shape index (κ3) is 1.92. The minimum absolute atomic E-state index is 0.117. The topological polar surface area (TPSA) is 32.3 Å². The van der Waals surface area contributed by atoms with Crippen LogP contribution in [0.25, 0.3) is 0 Å². The molecule has 0 heterocycles. The number of carbonyl (C=O) groups excluding carboxylic acids is 1. The van der Waals surface area contributed by atoms with E-state index in [1.807, 2.05) is 18.7 Å². The van der Waals surface area contributed by atoms with E-state index in [2.05, 4.69) is 26.1 Å². The van der Waals surface area contributed by atoms with Crippen LogP contribution in [0.1, 0.15) is 53.9 Å². The summed E-state index contributed by atoms with van der Waals surface area (Å²) in [5.41, 5.74) is 0.562. The molecule has 3 nitrogen and oxygen atoms in total. The highest BCUT2D eigenvalue weighted by Gasteiger charge is 2.59. The van der Waals surface area contributed by atoms with Crippen molar-refractivity contribution in [3.63, 3.8) is 0 Å². The Morgan fingerprint density at radius 2 is 1.89 bits per heavy atom. The Bertz CT molecular complexity index is 331. The summed E-state index contributed by atoms with van der Waals surface area (Å²) in [6.07, 6.45) is 3.88. The van der Waals surface area contributed by atoms with E-state index in [1.54, 1.807) is 0 Å². The molecule has 0 spiro atoms. The molecule has 2 saturated carbocycles. The summed E-state index contributed by atoms with van der Waals surface area (Å²) in [6.45, 7) is 12.7. The third-order valence-corrected chi connectivity index (χ3v) is 5.59. The molecular weight excluding hydrogens is 224 g/mol. The van der Waals surface area contributed by atoms with Crippen molar-refractivity contribution in [2.75, 3.05) is 13.1 Å². The summed E-state index contributed by atoms with van der Waals surface area (Å²) in [6, 6.07) is 0.448. The van der Waals surface area contributed by atoms with Crippen molar-refractivity contribution >= 4 is 6.03 Å². The van der Waals surface area contributed by atoms with Gasteiger partial charge in [-0.3, -0.25) is 0 Å². The van der Waals surface area contributed by atoms with Crippen LogP contribution in [0, 0.1) is 16.7 Å². The molecule has 2 rings (SSSR count). The molecule has 1 N–H and O–H groups in total. The minimum Gasteiger partial charge on any atom is -0.334 e. The summed E-state index contributed by atoms with van der Waals surface area (Å²) in [5.74, 6) is 0.782. The molecule has 0 saturated heterocycles. The number of hydrogen-bond acceptors (Lipinski definition) is 1. The molecule has 3 atom stereocenters. The van der Waals surface area contributed by atoms with Gasteiger partial charge in [0.1, 0.15) is 0 Å². The Hall–Kier alpha value is -0.730. The fourth-order valence-corrected chi connectivity index (χ4v) is 4.39. The van der Waals surface area contributed by atoms with Gasteiger partial charge >= 0.3 is 6.03 Å². The van der Waals surface area contributed by atoms with Gasteiger partial charge in [-0.2, -0.15) is 0 Å². The molecule has 104 valence electrons. The molecule has 2 fully saturated rings. The van der Waals surface area contributed by atoms with Crippen molar-refractivity contribution in [3.05, 3.63) is 0 Å². The first-order valence-corrected chi connectivity index (χ1v) is 7.40. The summed E-state index contributed by atoms with van der Waals surface area (Å²) in [4.78, 5) is 14.2. The molecule has 2 amide bonds. The van der Waals surface area contributed by atoms with Gasteiger partial charge in [-0.25, -0.2) is 4.79 Å². The van der Waals surface area contributed by atoms with Gasteiger partial charge in [-0.15, -0.1) is 0 Å². The predicted molar refractivity (Wildman–Crippen MR) is 74.5 cm³/mol. The molecule has 0 aromatic heterocycles. The monoisotopic (exact) mass is 252 g/mol. The number of rotatable bonds is 3. The standard InChI is InChI=1S/C15H28N2O/c1-6-17(7-2)13(18)16-12-14(3,4)11-8-9-15(12,5)10-11/h11-12H,6-10H2,1-5H3,(H,16,18). The molecular formula is C15H28N2O. The molecule has 0 aromatic carbocycles. The number of carbonyl (C=O) groups is 1. The number of urea groups is 1. The van der Waals surface area contributed by atoms with Crippen molar-refractivity contribution in [3.8, 4) is 0 Å². The average Bonchev–Trinajstić information content (AvgIpc) is 2.77. The number of nitrogens with zero attached hydrogens (tertiary/aromatic N) is 1. The fourth-order valence-electron chi connectivity index (χ4n) is 4.39. The second kappa shape index (κ2) is 4.43. The van der Waals surface area contributed by atoms with E-state index in [4.69, 9.17) is 0 Å². The van der Waals surface area contributed by atoms with E-state index in [1.165, 1.54) is 19.3 Å². The maximum absolute atomic E-state index is 12.3. The van der Waals surface area contributed by atoms with Crippen LogP contribution < -0.4 is 5.32 Å². The zero-order valence-corrected chi connectivity index (χ0v) is 12.5. The first-order chi connectivity index (χ1) is 8.35. The Kier molecular flexibility index (Phi) is 3.37. The lowest BCUT2D eigenvalue weighted by molar-refractivity contribution is 0.106. The third-order valence-electron chi connectivity index (χ3n) is 5.59. The zero-order chi connectivity index (χ0) is 13.6. The smallest absolute Gasteiger partial charge is 0.317 e. The second-order valence-electron chi connectivity index (χ2n) is 6.97. The van der Waals surface area contributed by atoms with Crippen LogP contribution in [-0.2, 0) is 0 Å². The lowest BCUT2D eigenvalue weighted by atomic mass is 9.68. The lowest BCUT2D eigenvalue weighted by Crippen LogP contribution is -2.55. The molecule has 0 aliphatic heterocycles. The maximum atomic E-state index is 12.3. The van der Waals surface area contributed by atoms with Crippen LogP contribution in [0.15, 0.2) is 0 Å². The Morgan fingerprint density at radius 1 is 1.28 bits per heavy atom. The van der Waals surface area contributed by atoms with Gasteiger partial charge in [0, 0.05) is 19.1 Å². The number of fused-ring (bicyclic) bond motifs is 2. The largest absolute Gasteiger partial charge is 0.334 e. The zero-order valence-electron chi connectivity index (χ0n) is 12.5. The summed E-state index contributed by atoms with van der Waals surface area (Å²) in [7, 11) is 0. The first kappa shape index (κ1) is 13.7. The van der Waals surface area contributed by atoms with E-state index >= 15 is 0 Å². The molecule has 3 heteroatoms. The minimum atomic E-state index is 0.117. The molecule has 0 radical (unpaired) electrons. The summed E-state index contributed by atoms with van der Waals surface area (Å²) in [5, 5.41) is 3.33.